The zero-order valence-corrected chi connectivity index (χ0v) is 13.1. The Morgan fingerprint density at radius 2 is 1.38 bits per heavy atom. The van der Waals surface area contributed by atoms with Gasteiger partial charge in [-0.2, -0.15) is 0 Å². The molecule has 0 aromatic heterocycles. The molecular weight excluding hydrogens is 335 g/mol. The molecule has 16 heavy (non-hydrogen) atoms. The van der Waals surface area contributed by atoms with Crippen LogP contribution in [-0.2, 0) is 0 Å². The molecule has 7 heteroatoms. The van der Waals surface area contributed by atoms with Gasteiger partial charge in [-0.15, -0.1) is 0 Å². The molecule has 0 saturated carbocycles. The van der Waals surface area contributed by atoms with Crippen molar-refractivity contribution in [1.82, 2.24) is 4.90 Å². The van der Waals surface area contributed by atoms with Gasteiger partial charge in [0.15, 0.2) is 3.79 Å². The number of likely N-dealkylation sites (tertiary alicyclic amines) is 1. The molecule has 1 heterocycles. The lowest BCUT2D eigenvalue weighted by molar-refractivity contribution is 0.183. The van der Waals surface area contributed by atoms with E-state index < -0.39 is 7.59 Å². The third-order valence-corrected chi connectivity index (χ3v) is 3.45. The fourth-order valence-electron chi connectivity index (χ4n) is 1.93. The van der Waals surface area contributed by atoms with Crippen molar-refractivity contribution < 1.29 is 0 Å². The number of nitrogens with zero attached hydrogens (tertiary/aromatic N) is 1. The van der Waals surface area contributed by atoms with Crippen LogP contribution in [0.1, 0.15) is 19.3 Å². The maximum absolute atomic E-state index is 5.76. The third kappa shape index (κ3) is 7.20. The number of piperidine rings is 1. The Hall–Kier alpha value is 1.70. The van der Waals surface area contributed by atoms with Crippen LogP contribution in [0.15, 0.2) is 0 Å². The van der Waals surface area contributed by atoms with Crippen molar-refractivity contribution in [2.45, 2.75) is 26.8 Å². The van der Waals surface area contributed by atoms with Gasteiger partial charge in [0.2, 0.25) is 3.79 Å². The van der Waals surface area contributed by atoms with E-state index in [9.17, 15) is 0 Å². The highest BCUT2D eigenvalue weighted by Gasteiger charge is 2.31. The van der Waals surface area contributed by atoms with Gasteiger partial charge in [0.05, 0.1) is 0 Å². The van der Waals surface area contributed by atoms with Crippen LogP contribution in [0, 0.1) is 5.92 Å². The first kappa shape index (κ1) is 15.8. The van der Waals surface area contributed by atoms with Crippen molar-refractivity contribution in [1.29, 1.82) is 0 Å². The van der Waals surface area contributed by atoms with Gasteiger partial charge in [-0.1, -0.05) is 69.6 Å². The van der Waals surface area contributed by atoms with Crippen molar-refractivity contribution in [2.75, 3.05) is 19.6 Å². The predicted molar refractivity (Wildman–Crippen MR) is 74.4 cm³/mol. The van der Waals surface area contributed by atoms with Crippen LogP contribution in [-0.4, -0.2) is 32.1 Å². The minimum Gasteiger partial charge on any atom is -0.299 e. The summed E-state index contributed by atoms with van der Waals surface area (Å²) in [6.07, 6.45) is 2.56. The Kier molecular flexibility index (Phi) is 6.14. The summed E-state index contributed by atoms with van der Waals surface area (Å²) in [5, 5.41) is 0. The summed E-state index contributed by atoms with van der Waals surface area (Å²) in [7, 11) is 0. The van der Waals surface area contributed by atoms with E-state index in [4.69, 9.17) is 69.6 Å². The van der Waals surface area contributed by atoms with E-state index in [1.54, 1.807) is 0 Å². The Morgan fingerprint density at radius 1 is 0.875 bits per heavy atom. The second-order valence-corrected chi connectivity index (χ2v) is 9.19. The smallest absolute Gasteiger partial charge is 0.203 e. The van der Waals surface area contributed by atoms with Crippen molar-refractivity contribution in [3.63, 3.8) is 0 Å². The van der Waals surface area contributed by atoms with E-state index in [0.717, 1.165) is 25.9 Å². The maximum Gasteiger partial charge on any atom is 0.203 e. The highest BCUT2D eigenvalue weighted by atomic mass is 35.6. The average Bonchev–Trinajstić information content (AvgIpc) is 2.03. The van der Waals surface area contributed by atoms with E-state index in [2.05, 4.69) is 4.90 Å². The summed E-state index contributed by atoms with van der Waals surface area (Å²) in [5.41, 5.74) is 0. The van der Waals surface area contributed by atoms with Gasteiger partial charge in [0.25, 0.3) is 0 Å². The Bertz CT molecular complexity index is 189. The van der Waals surface area contributed by atoms with Gasteiger partial charge in [0, 0.05) is 6.54 Å². The molecule has 0 N–H and O–H groups in total. The summed E-state index contributed by atoms with van der Waals surface area (Å²) < 4.78 is -2.36. The van der Waals surface area contributed by atoms with Gasteiger partial charge in [-0.05, 0) is 38.3 Å². The second-order valence-electron chi connectivity index (χ2n) is 4.15. The molecular formula is C9H13Cl6N. The lowest BCUT2D eigenvalue weighted by Gasteiger charge is -2.34. The predicted octanol–water partition coefficient (Wildman–Crippen LogP) is 4.83. The molecule has 1 rings (SSSR count). The molecule has 0 radical (unpaired) electrons. The lowest BCUT2D eigenvalue weighted by Crippen LogP contribution is -2.39. The van der Waals surface area contributed by atoms with Crippen molar-refractivity contribution >= 4 is 69.6 Å². The molecule has 1 fully saturated rings. The SMILES string of the molecule is ClC(Cl)(Cl)CC1CCN(CC(Cl)(Cl)Cl)CC1. The first-order chi connectivity index (χ1) is 7.16. The minimum atomic E-state index is -1.21. The molecule has 1 nitrogen and oxygen atoms in total. The largest absolute Gasteiger partial charge is 0.299 e. The molecule has 0 aliphatic carbocycles. The molecule has 1 aliphatic heterocycles. The molecule has 0 spiro atoms. The van der Waals surface area contributed by atoms with Gasteiger partial charge >= 0.3 is 0 Å². The first-order valence-corrected chi connectivity index (χ1v) is 7.28. The van der Waals surface area contributed by atoms with E-state index in [-0.39, 0.29) is 0 Å². The average molecular weight is 348 g/mol. The van der Waals surface area contributed by atoms with E-state index >= 15 is 0 Å². The van der Waals surface area contributed by atoms with Crippen molar-refractivity contribution in [3.05, 3.63) is 0 Å². The number of halogens is 6. The Labute approximate surface area is 126 Å². The number of hydrogen-bond acceptors (Lipinski definition) is 1. The van der Waals surface area contributed by atoms with Crippen LogP contribution < -0.4 is 0 Å². The number of alkyl halides is 6. The third-order valence-electron chi connectivity index (χ3n) is 2.63. The molecule has 96 valence electrons. The van der Waals surface area contributed by atoms with Crippen molar-refractivity contribution in [3.8, 4) is 0 Å². The monoisotopic (exact) mass is 345 g/mol. The molecule has 0 unspecified atom stereocenters. The van der Waals surface area contributed by atoms with Gasteiger partial charge < -0.3 is 0 Å². The molecule has 1 saturated heterocycles. The zero-order chi connectivity index (χ0) is 12.4. The lowest BCUT2D eigenvalue weighted by atomic mass is 9.94. The molecule has 0 amide bonds. The highest BCUT2D eigenvalue weighted by Crippen LogP contribution is 2.37. The summed E-state index contributed by atoms with van der Waals surface area (Å²) in [6.45, 7) is 2.23. The fourth-order valence-corrected chi connectivity index (χ4v) is 3.09. The summed E-state index contributed by atoms with van der Waals surface area (Å²) in [6, 6.07) is 0. The topological polar surface area (TPSA) is 3.24 Å². The molecule has 0 bridgehead atoms. The minimum absolute atomic E-state index is 0.444. The summed E-state index contributed by atoms with van der Waals surface area (Å²) in [5.74, 6) is 0.444. The van der Waals surface area contributed by atoms with Gasteiger partial charge in [-0.3, -0.25) is 4.90 Å². The standard InChI is InChI=1S/C9H13Cl6N/c10-8(11,12)5-7-1-3-16(4-2-7)6-9(13,14)15/h7H,1-6H2. The van der Waals surface area contributed by atoms with Crippen LogP contribution in [0.25, 0.3) is 0 Å². The van der Waals surface area contributed by atoms with Crippen LogP contribution in [0.5, 0.6) is 0 Å². The van der Waals surface area contributed by atoms with E-state index in [0.29, 0.717) is 18.9 Å². The van der Waals surface area contributed by atoms with Crippen LogP contribution in [0.3, 0.4) is 0 Å². The highest BCUT2D eigenvalue weighted by molar-refractivity contribution is 6.68. The van der Waals surface area contributed by atoms with E-state index in [1.807, 2.05) is 0 Å². The Balaban J connectivity index is 2.29. The zero-order valence-electron chi connectivity index (χ0n) is 8.53. The van der Waals surface area contributed by atoms with Crippen LogP contribution >= 0.6 is 69.6 Å². The summed E-state index contributed by atoms with van der Waals surface area (Å²) >= 11 is 34.5. The maximum atomic E-state index is 5.76. The summed E-state index contributed by atoms with van der Waals surface area (Å²) in [4.78, 5) is 2.13. The van der Waals surface area contributed by atoms with Crippen LogP contribution in [0.2, 0.25) is 0 Å². The van der Waals surface area contributed by atoms with E-state index in [1.165, 1.54) is 0 Å². The normalized spacial score (nSPS) is 21.4. The molecule has 0 aromatic rings. The van der Waals surface area contributed by atoms with Crippen molar-refractivity contribution in [2.24, 2.45) is 5.92 Å². The first-order valence-electron chi connectivity index (χ1n) is 5.01. The second kappa shape index (κ2) is 6.23. The van der Waals surface area contributed by atoms with Gasteiger partial charge in [0.1, 0.15) is 0 Å². The number of hydrogen-bond donors (Lipinski definition) is 0. The quantitative estimate of drug-likeness (QED) is 0.647. The molecule has 0 aromatic carbocycles. The van der Waals surface area contributed by atoms with Gasteiger partial charge in [-0.25, -0.2) is 0 Å². The van der Waals surface area contributed by atoms with Crippen LogP contribution in [0.4, 0.5) is 0 Å². The Morgan fingerprint density at radius 3 is 1.75 bits per heavy atom. The number of rotatable bonds is 2. The fraction of sp³-hybridized carbons (Fsp3) is 1.00. The molecule has 0 atom stereocenters. The molecule has 1 aliphatic rings.